The summed E-state index contributed by atoms with van der Waals surface area (Å²) in [5, 5.41) is 72.1. The van der Waals surface area contributed by atoms with Gasteiger partial charge in [-0.05, 0) is 66.9 Å². The van der Waals surface area contributed by atoms with E-state index in [0.29, 0.717) is 22.4 Å². The number of hydrogen-bond donors (Lipinski definition) is 11. The number of aromatic nitrogens is 4. The third kappa shape index (κ3) is 9.29. The van der Waals surface area contributed by atoms with Crippen molar-refractivity contribution in [2.24, 2.45) is 4.99 Å². The minimum Gasteiger partial charge on any atom is -0.388 e. The summed E-state index contributed by atoms with van der Waals surface area (Å²) in [4.78, 5) is 80.8. The zero-order valence-corrected chi connectivity index (χ0v) is 39.7. The molecule has 4 aliphatic heterocycles. The highest BCUT2D eigenvalue weighted by Crippen LogP contribution is 2.61. The van der Waals surface area contributed by atoms with Gasteiger partial charge in [0.15, 0.2) is 29.1 Å². The first-order chi connectivity index (χ1) is 34.1. The Labute approximate surface area is 407 Å². The molecule has 72 heavy (non-hydrogen) atoms. The number of nitrogen functional groups attached to an aromatic ring is 1. The molecule has 3 aromatic carbocycles. The molecule has 382 valence electrons. The van der Waals surface area contributed by atoms with E-state index in [-0.39, 0.29) is 46.2 Å². The Kier molecular flexibility index (Phi) is 13.7. The maximum absolute atomic E-state index is 14.6. The minimum absolute atomic E-state index is 0.0139. The molecule has 6 heterocycles. The number of phosphoric acid groups is 2. The van der Waals surface area contributed by atoms with Crippen LogP contribution in [0, 0.1) is 13.8 Å². The fourth-order valence-electron chi connectivity index (χ4n) is 9.35. The number of anilines is 4. The van der Waals surface area contributed by atoms with Gasteiger partial charge in [-0.25, -0.2) is 28.9 Å². The van der Waals surface area contributed by atoms with Crippen LogP contribution in [0.5, 0.6) is 0 Å². The number of carbonyl (C=O) groups excluding carboxylic acids is 3. The van der Waals surface area contributed by atoms with Crippen molar-refractivity contribution >= 4 is 73.4 Å². The fourth-order valence-corrected chi connectivity index (χ4v) is 11.4. The number of nitrogens with zero attached hydrogens (tertiary/aromatic N) is 7. The van der Waals surface area contributed by atoms with E-state index in [0.717, 1.165) is 6.33 Å². The smallest absolute Gasteiger partial charge is 0.388 e. The largest absolute Gasteiger partial charge is 0.481 e. The number of aliphatic hydroxyl groups is 6. The van der Waals surface area contributed by atoms with Crippen LogP contribution in [-0.4, -0.2) is 152 Å². The molecule has 2 aromatic heterocycles. The van der Waals surface area contributed by atoms with Gasteiger partial charge >= 0.3 is 21.7 Å². The predicted octanol–water partition coefficient (Wildman–Crippen LogP) is 0.450. The number of aliphatic imine (C=N–C) groups is 1. The molecule has 2 unspecified atom stereocenters. The molecule has 9 rings (SSSR count). The van der Waals surface area contributed by atoms with Crippen LogP contribution in [0.2, 0.25) is 0 Å². The molecule has 1 spiro atoms. The Balaban J connectivity index is 0.903. The number of fused-ring (bicyclic) bond motifs is 3. The summed E-state index contributed by atoms with van der Waals surface area (Å²) < 4.78 is 46.4. The van der Waals surface area contributed by atoms with Gasteiger partial charge in [-0.15, -0.1) is 0 Å². The van der Waals surface area contributed by atoms with Gasteiger partial charge in [0.1, 0.15) is 54.7 Å². The molecular formula is C43H48N10O17P2. The van der Waals surface area contributed by atoms with Crippen LogP contribution in [0.4, 0.5) is 27.7 Å². The second-order valence-electron chi connectivity index (χ2n) is 17.4. The van der Waals surface area contributed by atoms with Gasteiger partial charge in [0.2, 0.25) is 0 Å². The SMILES string of the molecule is Cc1cc2c(cc1C)N1[C@H](O)C[C@H](c3cccc(C(=O)Nc4ccccc4)c3)[C@]13C(=O)NC(=O)N=C3N2C[C@H](O)[C@H](O)[C@H](O)COP(=O)(O)OP(=O)(O)OC[C@H]1O[C@@H](n2cnc3c(N)ncnc32)[C@H](O)[C@@H]1O. The summed E-state index contributed by atoms with van der Waals surface area (Å²) in [5.41, 5.74) is 7.03. The van der Waals surface area contributed by atoms with Crippen LogP contribution in [0.3, 0.4) is 0 Å². The number of ether oxygens (including phenoxy) is 1. The number of aryl methyl sites for hydroxylation is 2. The lowest BCUT2D eigenvalue weighted by molar-refractivity contribution is -0.123. The van der Waals surface area contributed by atoms with Gasteiger partial charge in [0.25, 0.3) is 11.8 Å². The molecule has 2 fully saturated rings. The minimum atomic E-state index is -5.66. The van der Waals surface area contributed by atoms with Crippen molar-refractivity contribution in [1.29, 1.82) is 0 Å². The summed E-state index contributed by atoms with van der Waals surface area (Å²) >= 11 is 0. The molecule has 27 nitrogen and oxygen atoms in total. The van der Waals surface area contributed by atoms with Gasteiger partial charge in [-0.3, -0.25) is 28.5 Å². The molecule has 0 aliphatic carbocycles. The first-order valence-corrected chi connectivity index (χ1v) is 25.0. The number of amidine groups is 1. The molecule has 4 amide bonds. The summed E-state index contributed by atoms with van der Waals surface area (Å²) in [6.45, 7) is 0.514. The summed E-state index contributed by atoms with van der Waals surface area (Å²) in [6.07, 6.45) is -12.0. The average molecular weight is 1040 g/mol. The van der Waals surface area contributed by atoms with Crippen molar-refractivity contribution in [1.82, 2.24) is 24.8 Å². The van der Waals surface area contributed by atoms with E-state index < -0.39 is 114 Å². The number of benzene rings is 3. The Morgan fingerprint density at radius 2 is 1.64 bits per heavy atom. The third-order valence-corrected chi connectivity index (χ3v) is 15.5. The topological polar surface area (TPSA) is 397 Å². The Bertz CT molecular complexity index is 3080. The van der Waals surface area contributed by atoms with Crippen LogP contribution in [0.25, 0.3) is 11.2 Å². The molecule has 0 saturated carbocycles. The van der Waals surface area contributed by atoms with Gasteiger partial charge in [-0.2, -0.15) is 9.30 Å². The molecule has 2 saturated heterocycles. The Hall–Kier alpha value is -6.13. The number of nitrogens with two attached hydrogens (primary N) is 1. The van der Waals surface area contributed by atoms with Crippen molar-refractivity contribution in [3.63, 3.8) is 0 Å². The molecule has 5 aromatic rings. The maximum Gasteiger partial charge on any atom is 0.481 e. The summed E-state index contributed by atoms with van der Waals surface area (Å²) in [6, 6.07) is 17.2. The van der Waals surface area contributed by atoms with Crippen LogP contribution in [-0.2, 0) is 32.0 Å². The standard InChI is InChI=1S/C43H48N10O17P2/c1-20-11-26-27(12-21(20)2)53-31(56)14-25(22-7-6-8-23(13-22)38(60)48-24-9-4-3-5-10-24)43(53)40(49-42(62)50-41(43)61)51(26)15-28(54)33(57)29(55)16-67-71(63,64)70-72(65,66)68-17-30-34(58)35(59)39(69-30)52-19-47-32-36(44)45-18-46-37(32)52/h3-13,18-19,25,28-31,33-35,39,54-59H,14-17H2,1-2H3,(H,48,60)(H,63,64)(H,65,66)(H2,44,45,46)(H,50,61,62)/t25-,28+,29-,30-,31-,33+,34-,35-,39-,43+/m1/s1. The Morgan fingerprint density at radius 3 is 2.38 bits per heavy atom. The number of urea groups is 1. The number of nitrogens with one attached hydrogen (secondary N) is 2. The van der Waals surface area contributed by atoms with E-state index in [1.165, 1.54) is 20.7 Å². The van der Waals surface area contributed by atoms with Gasteiger partial charge in [0, 0.05) is 23.6 Å². The normalized spacial score (nSPS) is 26.7. The Morgan fingerprint density at radius 1 is 0.931 bits per heavy atom. The lowest BCUT2D eigenvalue weighted by Crippen LogP contribution is -2.74. The summed E-state index contributed by atoms with van der Waals surface area (Å²) in [7, 11) is -11.2. The maximum atomic E-state index is 14.6. The van der Waals surface area contributed by atoms with Crippen molar-refractivity contribution in [3.05, 3.63) is 102 Å². The van der Waals surface area contributed by atoms with E-state index in [1.807, 2.05) is 0 Å². The number of aliphatic hydroxyl groups excluding tert-OH is 6. The number of imidazole rings is 1. The van der Waals surface area contributed by atoms with Crippen LogP contribution < -0.4 is 26.2 Å². The third-order valence-electron chi connectivity index (χ3n) is 12.9. The highest BCUT2D eigenvalue weighted by atomic mass is 31.3. The van der Waals surface area contributed by atoms with E-state index >= 15 is 0 Å². The van der Waals surface area contributed by atoms with E-state index in [1.54, 1.807) is 80.6 Å². The molecule has 29 heteroatoms. The van der Waals surface area contributed by atoms with Crippen LogP contribution in [0.15, 0.2) is 84.4 Å². The quantitative estimate of drug-likeness (QED) is 0.0598. The molecular weight excluding hydrogens is 990 g/mol. The van der Waals surface area contributed by atoms with Crippen LogP contribution in [0.1, 0.15) is 45.6 Å². The van der Waals surface area contributed by atoms with Crippen molar-refractivity contribution in [3.8, 4) is 0 Å². The number of hydrogen-bond acceptors (Lipinski definition) is 21. The molecule has 0 radical (unpaired) electrons. The number of imide groups is 1. The van der Waals surface area contributed by atoms with E-state index in [4.69, 9.17) is 19.5 Å². The predicted molar refractivity (Wildman–Crippen MR) is 250 cm³/mol. The first-order valence-electron chi connectivity index (χ1n) is 22.0. The highest BCUT2D eigenvalue weighted by Gasteiger charge is 2.67. The van der Waals surface area contributed by atoms with Gasteiger partial charge < -0.3 is 66.0 Å². The molecule has 0 bridgehead atoms. The van der Waals surface area contributed by atoms with E-state index in [9.17, 15) is 63.9 Å². The number of carbonyl (C=O) groups is 3. The zero-order valence-electron chi connectivity index (χ0n) is 37.9. The van der Waals surface area contributed by atoms with Crippen molar-refractivity contribution < 1.29 is 82.0 Å². The second kappa shape index (κ2) is 19.4. The van der Waals surface area contributed by atoms with Crippen molar-refractivity contribution in [2.75, 3.05) is 40.6 Å². The molecule has 4 aliphatic rings. The van der Waals surface area contributed by atoms with E-state index in [2.05, 4.69) is 34.9 Å². The van der Waals surface area contributed by atoms with Gasteiger partial charge in [-0.1, -0.05) is 30.3 Å². The fraction of sp³-hybridized carbons (Fsp3) is 0.372. The number of para-hydroxylation sites is 1. The average Bonchev–Trinajstić information content (AvgIpc) is 4.00. The lowest BCUT2D eigenvalue weighted by atomic mass is 9.75. The second-order valence-corrected chi connectivity index (χ2v) is 20.5. The lowest BCUT2D eigenvalue weighted by Gasteiger charge is -2.52. The number of rotatable bonds is 16. The van der Waals surface area contributed by atoms with Crippen molar-refractivity contribution in [2.45, 2.75) is 80.8 Å². The highest BCUT2D eigenvalue weighted by molar-refractivity contribution is 7.61. The molecule has 12 N–H and O–H groups in total. The zero-order chi connectivity index (χ0) is 51.6. The first kappa shape index (κ1) is 50.8. The van der Waals surface area contributed by atoms with Crippen LogP contribution >= 0.6 is 15.6 Å². The van der Waals surface area contributed by atoms with Gasteiger partial charge in [0.05, 0.1) is 37.5 Å². The monoisotopic (exact) mass is 1040 g/mol. The number of amides is 4. The summed E-state index contributed by atoms with van der Waals surface area (Å²) in [5.74, 6) is -2.68. The number of phosphoric ester groups is 2. The number of β-amino-alcohol motifs (C(OH)–C–C–N with tert-alkyl or cyclic N) is 1. The molecule has 12 atom stereocenters.